The number of nitrogens with zero attached hydrogens (tertiary/aromatic N) is 2. The van der Waals surface area contributed by atoms with E-state index in [1.807, 2.05) is 38.4 Å². The highest BCUT2D eigenvalue weighted by molar-refractivity contribution is 5.09. The zero-order valence-corrected chi connectivity index (χ0v) is 9.20. The highest BCUT2D eigenvalue weighted by Gasteiger charge is 2.13. The number of nitrogens with two attached hydrogens (primary N) is 1. The third kappa shape index (κ3) is 4.35. The molecule has 0 fully saturated rings. The van der Waals surface area contributed by atoms with Gasteiger partial charge in [0.1, 0.15) is 0 Å². The molecule has 0 aliphatic heterocycles. The van der Waals surface area contributed by atoms with E-state index in [2.05, 4.69) is 16.9 Å². The van der Waals surface area contributed by atoms with Crippen LogP contribution in [0.25, 0.3) is 0 Å². The fraction of sp³-hybridized carbons (Fsp3) is 0.545. The van der Waals surface area contributed by atoms with E-state index in [9.17, 15) is 0 Å². The summed E-state index contributed by atoms with van der Waals surface area (Å²) in [4.78, 5) is 6.20. The minimum atomic E-state index is -0.137. The molecule has 2 N–H and O–H groups in total. The van der Waals surface area contributed by atoms with Crippen LogP contribution in [0.5, 0.6) is 0 Å². The van der Waals surface area contributed by atoms with Gasteiger partial charge in [-0.2, -0.15) is 0 Å². The van der Waals surface area contributed by atoms with E-state index in [1.54, 1.807) is 0 Å². The molecule has 78 valence electrons. The molecular weight excluding hydrogens is 174 g/mol. The topological polar surface area (TPSA) is 42.2 Å². The summed E-state index contributed by atoms with van der Waals surface area (Å²) in [5.41, 5.74) is 7.07. The molecule has 0 bridgehead atoms. The van der Waals surface area contributed by atoms with Crippen molar-refractivity contribution in [2.45, 2.75) is 25.9 Å². The van der Waals surface area contributed by atoms with E-state index in [1.165, 1.54) is 5.56 Å². The van der Waals surface area contributed by atoms with Crippen molar-refractivity contribution in [3.8, 4) is 0 Å². The number of pyridine rings is 1. The van der Waals surface area contributed by atoms with E-state index in [4.69, 9.17) is 5.73 Å². The Morgan fingerprint density at radius 3 is 2.43 bits per heavy atom. The van der Waals surface area contributed by atoms with Crippen LogP contribution in [0, 0.1) is 0 Å². The summed E-state index contributed by atoms with van der Waals surface area (Å²) in [6.07, 6.45) is 3.63. The maximum absolute atomic E-state index is 5.94. The van der Waals surface area contributed by atoms with Gasteiger partial charge in [0, 0.05) is 31.0 Å². The molecule has 3 nitrogen and oxygen atoms in total. The van der Waals surface area contributed by atoms with Gasteiger partial charge < -0.3 is 10.6 Å². The first-order valence-electron chi connectivity index (χ1n) is 4.84. The molecule has 1 aromatic heterocycles. The van der Waals surface area contributed by atoms with Crippen LogP contribution in [0.1, 0.15) is 19.4 Å². The SMILES string of the molecule is CN(Cc1ccncc1)CC(C)(C)N. The largest absolute Gasteiger partial charge is 0.324 e. The first kappa shape index (κ1) is 11.1. The predicted molar refractivity (Wildman–Crippen MR) is 58.8 cm³/mol. The van der Waals surface area contributed by atoms with Crippen LogP contribution in [-0.4, -0.2) is 29.0 Å². The zero-order chi connectivity index (χ0) is 10.6. The van der Waals surface area contributed by atoms with Gasteiger partial charge in [-0.25, -0.2) is 0 Å². The molecule has 0 saturated carbocycles. The molecule has 1 heterocycles. The van der Waals surface area contributed by atoms with E-state index in [-0.39, 0.29) is 5.54 Å². The molecule has 0 saturated heterocycles. The Hall–Kier alpha value is -0.930. The average Bonchev–Trinajstić information content (AvgIpc) is 2.02. The lowest BCUT2D eigenvalue weighted by Gasteiger charge is -2.26. The number of hydrogen-bond acceptors (Lipinski definition) is 3. The molecule has 1 rings (SSSR count). The van der Waals surface area contributed by atoms with Gasteiger partial charge in [-0.05, 0) is 38.6 Å². The van der Waals surface area contributed by atoms with E-state index < -0.39 is 0 Å². The molecule has 0 spiro atoms. The summed E-state index contributed by atoms with van der Waals surface area (Å²) in [7, 11) is 2.08. The second-order valence-electron chi connectivity index (χ2n) is 4.52. The van der Waals surface area contributed by atoms with Gasteiger partial charge in [-0.1, -0.05) is 0 Å². The normalized spacial score (nSPS) is 12.1. The molecule has 0 aromatic carbocycles. The van der Waals surface area contributed by atoms with E-state index in [0.29, 0.717) is 0 Å². The van der Waals surface area contributed by atoms with Gasteiger partial charge in [0.05, 0.1) is 0 Å². The second-order valence-corrected chi connectivity index (χ2v) is 4.52. The van der Waals surface area contributed by atoms with Gasteiger partial charge in [0.2, 0.25) is 0 Å². The maximum atomic E-state index is 5.94. The Balaban J connectivity index is 2.46. The van der Waals surface area contributed by atoms with Crippen molar-refractivity contribution < 1.29 is 0 Å². The number of hydrogen-bond donors (Lipinski definition) is 1. The minimum Gasteiger partial charge on any atom is -0.324 e. The number of likely N-dealkylation sites (N-methyl/N-ethyl adjacent to an activating group) is 1. The Morgan fingerprint density at radius 2 is 1.93 bits per heavy atom. The zero-order valence-electron chi connectivity index (χ0n) is 9.20. The molecule has 0 radical (unpaired) electrons. The summed E-state index contributed by atoms with van der Waals surface area (Å²) in [5, 5.41) is 0. The van der Waals surface area contributed by atoms with Crippen LogP contribution in [0.3, 0.4) is 0 Å². The number of aromatic nitrogens is 1. The van der Waals surface area contributed by atoms with Crippen molar-refractivity contribution in [2.24, 2.45) is 5.73 Å². The summed E-state index contributed by atoms with van der Waals surface area (Å²) in [6.45, 7) is 5.88. The van der Waals surface area contributed by atoms with E-state index in [0.717, 1.165) is 13.1 Å². The lowest BCUT2D eigenvalue weighted by Crippen LogP contribution is -2.43. The Morgan fingerprint density at radius 1 is 1.36 bits per heavy atom. The third-order valence-corrected chi connectivity index (χ3v) is 1.88. The monoisotopic (exact) mass is 193 g/mol. The van der Waals surface area contributed by atoms with Crippen molar-refractivity contribution in [2.75, 3.05) is 13.6 Å². The maximum Gasteiger partial charge on any atom is 0.0271 e. The fourth-order valence-electron chi connectivity index (χ4n) is 1.55. The van der Waals surface area contributed by atoms with Crippen LogP contribution in [0.2, 0.25) is 0 Å². The first-order chi connectivity index (χ1) is 6.47. The lowest BCUT2D eigenvalue weighted by atomic mass is 10.1. The molecule has 0 amide bonds. The van der Waals surface area contributed by atoms with E-state index >= 15 is 0 Å². The average molecular weight is 193 g/mol. The van der Waals surface area contributed by atoms with Crippen LogP contribution < -0.4 is 5.73 Å². The Kier molecular flexibility index (Phi) is 3.61. The highest BCUT2D eigenvalue weighted by Crippen LogP contribution is 2.05. The number of rotatable bonds is 4. The third-order valence-electron chi connectivity index (χ3n) is 1.88. The van der Waals surface area contributed by atoms with Crippen molar-refractivity contribution in [3.63, 3.8) is 0 Å². The van der Waals surface area contributed by atoms with Crippen molar-refractivity contribution >= 4 is 0 Å². The molecular formula is C11H19N3. The van der Waals surface area contributed by atoms with Crippen molar-refractivity contribution in [1.29, 1.82) is 0 Å². The molecule has 0 aliphatic rings. The molecule has 14 heavy (non-hydrogen) atoms. The summed E-state index contributed by atoms with van der Waals surface area (Å²) in [6, 6.07) is 4.06. The van der Waals surface area contributed by atoms with Gasteiger partial charge in [0.15, 0.2) is 0 Å². The lowest BCUT2D eigenvalue weighted by molar-refractivity contribution is 0.263. The molecule has 3 heteroatoms. The smallest absolute Gasteiger partial charge is 0.0271 e. The summed E-state index contributed by atoms with van der Waals surface area (Å²) < 4.78 is 0. The van der Waals surface area contributed by atoms with Crippen LogP contribution >= 0.6 is 0 Å². The summed E-state index contributed by atoms with van der Waals surface area (Å²) in [5.74, 6) is 0. The van der Waals surface area contributed by atoms with Gasteiger partial charge >= 0.3 is 0 Å². The van der Waals surface area contributed by atoms with Crippen LogP contribution in [-0.2, 0) is 6.54 Å². The first-order valence-corrected chi connectivity index (χ1v) is 4.84. The molecule has 0 atom stereocenters. The Bertz CT molecular complexity index is 264. The van der Waals surface area contributed by atoms with Crippen molar-refractivity contribution in [1.82, 2.24) is 9.88 Å². The highest BCUT2D eigenvalue weighted by atomic mass is 15.1. The molecule has 0 aliphatic carbocycles. The molecule has 0 unspecified atom stereocenters. The molecule has 1 aromatic rings. The summed E-state index contributed by atoms with van der Waals surface area (Å²) >= 11 is 0. The van der Waals surface area contributed by atoms with Crippen LogP contribution in [0.4, 0.5) is 0 Å². The van der Waals surface area contributed by atoms with Gasteiger partial charge in [-0.15, -0.1) is 0 Å². The Labute approximate surface area is 85.9 Å². The quantitative estimate of drug-likeness (QED) is 0.782. The fourth-order valence-corrected chi connectivity index (χ4v) is 1.55. The minimum absolute atomic E-state index is 0.137. The predicted octanol–water partition coefficient (Wildman–Crippen LogP) is 1.25. The van der Waals surface area contributed by atoms with Crippen molar-refractivity contribution in [3.05, 3.63) is 30.1 Å². The standard InChI is InChI=1S/C11H19N3/c1-11(2,12)9-14(3)8-10-4-6-13-7-5-10/h4-7H,8-9,12H2,1-3H3. The second kappa shape index (κ2) is 4.53. The van der Waals surface area contributed by atoms with Gasteiger partial charge in [-0.3, -0.25) is 4.98 Å². The van der Waals surface area contributed by atoms with Crippen LogP contribution in [0.15, 0.2) is 24.5 Å². The van der Waals surface area contributed by atoms with Gasteiger partial charge in [0.25, 0.3) is 0 Å².